The zero-order chi connectivity index (χ0) is 17.8. The van der Waals surface area contributed by atoms with Crippen molar-refractivity contribution in [2.24, 2.45) is 0 Å². The van der Waals surface area contributed by atoms with E-state index in [-0.39, 0.29) is 17.8 Å². The normalized spacial score (nSPS) is 16.0. The lowest BCUT2D eigenvalue weighted by Crippen LogP contribution is -2.44. The Bertz CT molecular complexity index is 723. The molecule has 1 heterocycles. The molecule has 0 unspecified atom stereocenters. The van der Waals surface area contributed by atoms with E-state index in [9.17, 15) is 13.6 Å². The van der Waals surface area contributed by atoms with Crippen LogP contribution in [0.5, 0.6) is 0 Å². The highest BCUT2D eigenvalue weighted by molar-refractivity contribution is 9.10. The van der Waals surface area contributed by atoms with Crippen molar-refractivity contribution in [2.75, 3.05) is 13.1 Å². The lowest BCUT2D eigenvalue weighted by molar-refractivity contribution is 0.0908. The van der Waals surface area contributed by atoms with Gasteiger partial charge in [-0.05, 0) is 48.7 Å². The molecule has 2 aromatic carbocycles. The molecule has 1 saturated heterocycles. The van der Waals surface area contributed by atoms with E-state index in [1.165, 1.54) is 24.3 Å². The van der Waals surface area contributed by atoms with E-state index in [1.54, 1.807) is 18.2 Å². The van der Waals surface area contributed by atoms with E-state index in [4.69, 9.17) is 0 Å². The number of nitrogens with one attached hydrogen (secondary N) is 1. The van der Waals surface area contributed by atoms with Crippen molar-refractivity contribution in [3.05, 3.63) is 69.7 Å². The predicted octanol–water partition coefficient (Wildman–Crippen LogP) is 4.12. The third-order valence-electron chi connectivity index (χ3n) is 4.37. The number of piperidine rings is 1. The van der Waals surface area contributed by atoms with Crippen LogP contribution in [0, 0.1) is 11.6 Å². The molecule has 3 nitrogen and oxygen atoms in total. The first kappa shape index (κ1) is 18.0. The monoisotopic (exact) mass is 408 g/mol. The second-order valence-corrected chi connectivity index (χ2v) is 7.22. The first-order valence-corrected chi connectivity index (χ1v) is 9.02. The summed E-state index contributed by atoms with van der Waals surface area (Å²) < 4.78 is 26.9. The van der Waals surface area contributed by atoms with Crippen molar-refractivity contribution >= 4 is 21.8 Å². The number of amides is 1. The van der Waals surface area contributed by atoms with Crippen molar-refractivity contribution in [3.63, 3.8) is 0 Å². The van der Waals surface area contributed by atoms with E-state index in [2.05, 4.69) is 26.1 Å². The molecule has 1 aliphatic heterocycles. The summed E-state index contributed by atoms with van der Waals surface area (Å²) in [4.78, 5) is 14.6. The molecule has 0 atom stereocenters. The number of nitrogens with zero attached hydrogens (tertiary/aromatic N) is 1. The number of hydrogen-bond donors (Lipinski definition) is 1. The summed E-state index contributed by atoms with van der Waals surface area (Å²) in [7, 11) is 0. The van der Waals surface area contributed by atoms with Crippen molar-refractivity contribution in [1.82, 2.24) is 10.2 Å². The van der Waals surface area contributed by atoms with Gasteiger partial charge in [0.1, 0.15) is 11.6 Å². The van der Waals surface area contributed by atoms with Crippen molar-refractivity contribution in [3.8, 4) is 0 Å². The number of benzene rings is 2. The van der Waals surface area contributed by atoms with E-state index in [1.807, 2.05) is 0 Å². The molecule has 3 rings (SSSR count). The Morgan fingerprint density at radius 3 is 2.40 bits per heavy atom. The van der Waals surface area contributed by atoms with E-state index in [0.717, 1.165) is 38.0 Å². The lowest BCUT2D eigenvalue weighted by Gasteiger charge is -2.32. The van der Waals surface area contributed by atoms with Gasteiger partial charge in [-0.1, -0.05) is 28.1 Å². The molecule has 0 aromatic heterocycles. The van der Waals surface area contributed by atoms with Crippen LogP contribution >= 0.6 is 15.9 Å². The Kier molecular flexibility index (Phi) is 5.81. The summed E-state index contributed by atoms with van der Waals surface area (Å²) >= 11 is 3.20. The fraction of sp³-hybridized carbons (Fsp3) is 0.316. The van der Waals surface area contributed by atoms with Crippen LogP contribution in [0.4, 0.5) is 8.78 Å². The van der Waals surface area contributed by atoms with Gasteiger partial charge in [-0.25, -0.2) is 8.78 Å². The SMILES string of the molecule is O=C(NC1CCN(Cc2ccc(F)cc2)CC1)c1cc(F)cc(Br)c1. The minimum Gasteiger partial charge on any atom is -0.349 e. The minimum absolute atomic E-state index is 0.0824. The van der Waals surface area contributed by atoms with Gasteiger partial charge in [0.15, 0.2) is 0 Å². The second-order valence-electron chi connectivity index (χ2n) is 6.31. The smallest absolute Gasteiger partial charge is 0.251 e. The van der Waals surface area contributed by atoms with E-state index in [0.29, 0.717) is 10.0 Å². The summed E-state index contributed by atoms with van der Waals surface area (Å²) in [6.07, 6.45) is 1.67. The zero-order valence-electron chi connectivity index (χ0n) is 13.6. The molecule has 0 saturated carbocycles. The fourth-order valence-electron chi connectivity index (χ4n) is 3.04. The quantitative estimate of drug-likeness (QED) is 0.824. The van der Waals surface area contributed by atoms with Gasteiger partial charge in [0.05, 0.1) is 0 Å². The van der Waals surface area contributed by atoms with Crippen molar-refractivity contribution in [1.29, 1.82) is 0 Å². The third-order valence-corrected chi connectivity index (χ3v) is 4.82. The van der Waals surface area contributed by atoms with Crippen LogP contribution < -0.4 is 5.32 Å². The van der Waals surface area contributed by atoms with Crippen LogP contribution in [-0.4, -0.2) is 29.9 Å². The lowest BCUT2D eigenvalue weighted by atomic mass is 10.0. The van der Waals surface area contributed by atoms with Gasteiger partial charge in [0.2, 0.25) is 0 Å². The van der Waals surface area contributed by atoms with Crippen LogP contribution in [-0.2, 0) is 6.54 Å². The van der Waals surface area contributed by atoms with Crippen molar-refractivity contribution < 1.29 is 13.6 Å². The zero-order valence-corrected chi connectivity index (χ0v) is 15.2. The number of halogens is 3. The highest BCUT2D eigenvalue weighted by atomic mass is 79.9. The molecule has 1 fully saturated rings. The first-order chi connectivity index (χ1) is 12.0. The Morgan fingerprint density at radius 2 is 1.76 bits per heavy atom. The topological polar surface area (TPSA) is 32.3 Å². The number of likely N-dealkylation sites (tertiary alicyclic amines) is 1. The molecule has 0 aliphatic carbocycles. The predicted molar refractivity (Wildman–Crippen MR) is 96.3 cm³/mol. The van der Waals surface area contributed by atoms with E-state index >= 15 is 0 Å². The van der Waals surface area contributed by atoms with Crippen LogP contribution in [0.25, 0.3) is 0 Å². The highest BCUT2D eigenvalue weighted by Gasteiger charge is 2.21. The molecule has 132 valence electrons. The Hall–Kier alpha value is -1.79. The Labute approximate surface area is 154 Å². The molecule has 0 spiro atoms. The number of carbonyl (C=O) groups excluding carboxylic acids is 1. The van der Waals surface area contributed by atoms with Gasteiger partial charge in [0.25, 0.3) is 5.91 Å². The van der Waals surface area contributed by atoms with Gasteiger partial charge in [-0.15, -0.1) is 0 Å². The van der Waals surface area contributed by atoms with Gasteiger partial charge < -0.3 is 5.32 Å². The third kappa shape index (κ3) is 5.09. The van der Waals surface area contributed by atoms with Gasteiger partial charge >= 0.3 is 0 Å². The average molecular weight is 409 g/mol. The molecule has 0 radical (unpaired) electrons. The highest BCUT2D eigenvalue weighted by Crippen LogP contribution is 2.17. The number of carbonyl (C=O) groups is 1. The van der Waals surface area contributed by atoms with Gasteiger partial charge in [-0.2, -0.15) is 0 Å². The molecular formula is C19H19BrF2N2O. The standard InChI is InChI=1S/C19H19BrF2N2O/c20-15-9-14(10-17(22)11-15)19(25)23-18-5-7-24(8-6-18)12-13-1-3-16(21)4-2-13/h1-4,9-11,18H,5-8,12H2,(H,23,25). The fourth-order valence-corrected chi connectivity index (χ4v) is 3.50. The number of rotatable bonds is 4. The molecule has 2 aromatic rings. The molecular weight excluding hydrogens is 390 g/mol. The van der Waals surface area contributed by atoms with Gasteiger partial charge in [-0.3, -0.25) is 9.69 Å². The van der Waals surface area contributed by atoms with Crippen molar-refractivity contribution in [2.45, 2.75) is 25.4 Å². The van der Waals surface area contributed by atoms with Crippen LogP contribution in [0.1, 0.15) is 28.8 Å². The summed E-state index contributed by atoms with van der Waals surface area (Å²) in [5.41, 5.74) is 1.40. The minimum atomic E-state index is -0.436. The Morgan fingerprint density at radius 1 is 1.08 bits per heavy atom. The second kappa shape index (κ2) is 8.06. The molecule has 1 aliphatic rings. The molecule has 0 bridgehead atoms. The summed E-state index contributed by atoms with van der Waals surface area (Å²) in [5.74, 6) is -0.917. The Balaban J connectivity index is 1.50. The largest absolute Gasteiger partial charge is 0.349 e. The maximum absolute atomic E-state index is 13.4. The molecule has 1 amide bonds. The summed E-state index contributed by atoms with van der Waals surface area (Å²) in [5, 5.41) is 2.98. The van der Waals surface area contributed by atoms with Gasteiger partial charge in [0, 0.05) is 35.7 Å². The first-order valence-electron chi connectivity index (χ1n) is 8.23. The maximum atomic E-state index is 13.4. The number of hydrogen-bond acceptors (Lipinski definition) is 2. The average Bonchev–Trinajstić information content (AvgIpc) is 2.58. The van der Waals surface area contributed by atoms with Crippen LogP contribution in [0.15, 0.2) is 46.9 Å². The molecule has 25 heavy (non-hydrogen) atoms. The van der Waals surface area contributed by atoms with Crippen LogP contribution in [0.3, 0.4) is 0 Å². The van der Waals surface area contributed by atoms with Crippen LogP contribution in [0.2, 0.25) is 0 Å². The molecule has 1 N–H and O–H groups in total. The maximum Gasteiger partial charge on any atom is 0.251 e. The summed E-state index contributed by atoms with van der Waals surface area (Å²) in [6, 6.07) is 10.8. The van der Waals surface area contributed by atoms with E-state index < -0.39 is 5.82 Å². The summed E-state index contributed by atoms with van der Waals surface area (Å²) in [6.45, 7) is 2.49. The molecule has 6 heteroatoms.